The lowest BCUT2D eigenvalue weighted by atomic mass is 9.81. The van der Waals surface area contributed by atoms with E-state index in [1.807, 2.05) is 51.1 Å². The highest BCUT2D eigenvalue weighted by Gasteiger charge is 2.38. The molecule has 260 valence electrons. The number of rotatable bonds is 11. The summed E-state index contributed by atoms with van der Waals surface area (Å²) in [5.74, 6) is -1.66. The Morgan fingerprint density at radius 2 is 1.63 bits per heavy atom. The zero-order valence-electron chi connectivity index (χ0n) is 28.6. The van der Waals surface area contributed by atoms with Crippen molar-refractivity contribution in [2.24, 2.45) is 5.41 Å². The van der Waals surface area contributed by atoms with Gasteiger partial charge < -0.3 is 20.1 Å². The molecule has 0 bridgehead atoms. The third-order valence-electron chi connectivity index (χ3n) is 7.50. The Labute approximate surface area is 285 Å². The molecule has 0 fully saturated rings. The number of carboxylic acid groups (broad SMARTS) is 1. The molecule has 4 rings (SSSR count). The zero-order valence-corrected chi connectivity index (χ0v) is 28.6. The Balaban J connectivity index is 1.79. The summed E-state index contributed by atoms with van der Waals surface area (Å²) in [5.41, 5.74) is 1.48. The molecule has 4 aromatic rings. The normalized spacial score (nSPS) is 12.2. The summed E-state index contributed by atoms with van der Waals surface area (Å²) in [5, 5.41) is 19.0. The third-order valence-corrected chi connectivity index (χ3v) is 7.50. The number of hydrogen-bond donors (Lipinski definition) is 3. The van der Waals surface area contributed by atoms with Crippen LogP contribution in [0.1, 0.15) is 81.2 Å². The van der Waals surface area contributed by atoms with Crippen molar-refractivity contribution in [1.29, 1.82) is 0 Å². The number of amides is 3. The van der Waals surface area contributed by atoms with Gasteiger partial charge in [-0.25, -0.2) is 23.1 Å². The average molecular weight is 676 g/mol. The minimum Gasteiger partial charge on any atom is -0.465 e. The maximum atomic E-state index is 15.0. The van der Waals surface area contributed by atoms with Crippen LogP contribution in [-0.4, -0.2) is 56.6 Å². The van der Waals surface area contributed by atoms with E-state index in [1.165, 1.54) is 4.68 Å². The lowest BCUT2D eigenvalue weighted by Crippen LogP contribution is -2.43. The molecule has 3 aromatic carbocycles. The number of benzene rings is 3. The fourth-order valence-corrected chi connectivity index (χ4v) is 5.49. The third kappa shape index (κ3) is 10.1. The van der Waals surface area contributed by atoms with Gasteiger partial charge in [0.2, 0.25) is 0 Å². The summed E-state index contributed by atoms with van der Waals surface area (Å²) in [6, 6.07) is 18.4. The molecule has 0 unspecified atom stereocenters. The van der Waals surface area contributed by atoms with Crippen molar-refractivity contribution in [3.05, 3.63) is 113 Å². The van der Waals surface area contributed by atoms with Gasteiger partial charge in [0.15, 0.2) is 0 Å². The van der Waals surface area contributed by atoms with E-state index in [0.29, 0.717) is 28.9 Å². The van der Waals surface area contributed by atoms with E-state index in [9.17, 15) is 18.8 Å². The van der Waals surface area contributed by atoms with Gasteiger partial charge in [0.25, 0.3) is 5.91 Å². The van der Waals surface area contributed by atoms with Crippen LogP contribution in [0.25, 0.3) is 5.69 Å². The Morgan fingerprint density at radius 1 is 0.959 bits per heavy atom. The van der Waals surface area contributed by atoms with E-state index in [0.717, 1.165) is 23.8 Å². The van der Waals surface area contributed by atoms with E-state index in [4.69, 9.17) is 14.9 Å². The van der Waals surface area contributed by atoms with Gasteiger partial charge in [-0.15, -0.1) is 0 Å². The van der Waals surface area contributed by atoms with Gasteiger partial charge in [-0.2, -0.15) is 5.10 Å². The van der Waals surface area contributed by atoms with Crippen LogP contribution in [0.15, 0.2) is 79.0 Å². The number of halogens is 2. The standard InChI is InChI=1S/C37H43F2N5O5/c1-36(2,3)32(31-26(21-24-11-8-7-9-12-24)23-44(42-31)30-22-27(38)15-18-29(30)39)43(20-10-19-40-34(46)47)33(45)25-13-16-28(17-14-25)41-35(48)49-37(4,5)6/h7-9,11-18,22-23,32,40H,10,19-21H2,1-6H3,(H,41,48)(H,46,47)/t32-/m0/s1. The Kier molecular flexibility index (Phi) is 11.4. The topological polar surface area (TPSA) is 126 Å². The molecule has 1 aromatic heterocycles. The van der Waals surface area contributed by atoms with Gasteiger partial charge in [0.1, 0.15) is 22.9 Å². The van der Waals surface area contributed by atoms with E-state index in [1.54, 1.807) is 56.1 Å². The summed E-state index contributed by atoms with van der Waals surface area (Å²) in [6.45, 7) is 11.4. The minimum absolute atomic E-state index is 0.0789. The first kappa shape index (κ1) is 36.6. The van der Waals surface area contributed by atoms with Crippen molar-refractivity contribution in [3.8, 4) is 5.69 Å². The molecule has 3 N–H and O–H groups in total. The number of carbonyl (C=O) groups is 3. The Hall–Kier alpha value is -5.26. The summed E-state index contributed by atoms with van der Waals surface area (Å²) in [6.07, 6.45) is 0.524. The second-order valence-electron chi connectivity index (χ2n) is 13.8. The Morgan fingerprint density at radius 3 is 2.24 bits per heavy atom. The molecule has 49 heavy (non-hydrogen) atoms. The highest BCUT2D eigenvalue weighted by Crippen LogP contribution is 2.41. The van der Waals surface area contributed by atoms with Crippen LogP contribution in [0, 0.1) is 17.0 Å². The molecular formula is C37H43F2N5O5. The predicted molar refractivity (Wildman–Crippen MR) is 183 cm³/mol. The number of ether oxygens (including phenoxy) is 1. The summed E-state index contributed by atoms with van der Waals surface area (Å²) >= 11 is 0. The highest BCUT2D eigenvalue weighted by atomic mass is 19.1. The van der Waals surface area contributed by atoms with Crippen molar-refractivity contribution in [2.45, 2.75) is 66.0 Å². The minimum atomic E-state index is -1.18. The largest absolute Gasteiger partial charge is 0.465 e. The van der Waals surface area contributed by atoms with Gasteiger partial charge >= 0.3 is 12.2 Å². The van der Waals surface area contributed by atoms with E-state index in [-0.39, 0.29) is 31.1 Å². The number of nitrogens with one attached hydrogen (secondary N) is 2. The van der Waals surface area contributed by atoms with Gasteiger partial charge in [-0.05, 0) is 74.6 Å². The van der Waals surface area contributed by atoms with Crippen LogP contribution in [0.5, 0.6) is 0 Å². The quantitative estimate of drug-likeness (QED) is 0.139. The van der Waals surface area contributed by atoms with Crippen molar-refractivity contribution in [3.63, 3.8) is 0 Å². The highest BCUT2D eigenvalue weighted by molar-refractivity contribution is 5.95. The van der Waals surface area contributed by atoms with Crippen LogP contribution in [-0.2, 0) is 11.2 Å². The van der Waals surface area contributed by atoms with Crippen LogP contribution < -0.4 is 10.6 Å². The summed E-state index contributed by atoms with van der Waals surface area (Å²) in [7, 11) is 0. The van der Waals surface area contributed by atoms with Crippen LogP contribution in [0.4, 0.5) is 24.1 Å². The van der Waals surface area contributed by atoms with Gasteiger partial charge in [-0.3, -0.25) is 10.1 Å². The SMILES string of the molecule is CC(C)(C)OC(=O)Nc1ccc(C(=O)N(CCCNC(=O)O)[C@@H](c2nn(-c3cc(F)ccc3F)cc2Cc2ccccc2)C(C)(C)C)cc1. The molecule has 0 spiro atoms. The van der Waals surface area contributed by atoms with Crippen LogP contribution >= 0.6 is 0 Å². The second-order valence-corrected chi connectivity index (χ2v) is 13.8. The van der Waals surface area contributed by atoms with E-state index < -0.39 is 40.9 Å². The van der Waals surface area contributed by atoms with Crippen LogP contribution in [0.2, 0.25) is 0 Å². The Bertz CT molecular complexity index is 1760. The molecular weight excluding hydrogens is 632 g/mol. The van der Waals surface area contributed by atoms with Gasteiger partial charge in [-0.1, -0.05) is 51.1 Å². The molecule has 3 amide bonds. The van der Waals surface area contributed by atoms with Crippen molar-refractivity contribution >= 4 is 23.8 Å². The lowest BCUT2D eigenvalue weighted by Gasteiger charge is -2.40. The number of aromatic nitrogens is 2. The zero-order chi connectivity index (χ0) is 35.9. The number of carbonyl (C=O) groups excluding carboxylic acids is 2. The number of hydrogen-bond acceptors (Lipinski definition) is 5. The van der Waals surface area contributed by atoms with E-state index in [2.05, 4.69) is 10.6 Å². The molecule has 1 heterocycles. The molecule has 0 aliphatic rings. The lowest BCUT2D eigenvalue weighted by molar-refractivity contribution is 0.0496. The average Bonchev–Trinajstić information content (AvgIpc) is 3.41. The summed E-state index contributed by atoms with van der Waals surface area (Å²) in [4.78, 5) is 39.6. The first-order valence-corrected chi connectivity index (χ1v) is 16.0. The van der Waals surface area contributed by atoms with Crippen molar-refractivity contribution in [1.82, 2.24) is 20.0 Å². The molecule has 10 nitrogen and oxygen atoms in total. The van der Waals surface area contributed by atoms with Gasteiger partial charge in [0, 0.05) is 48.6 Å². The van der Waals surface area contributed by atoms with Crippen LogP contribution in [0.3, 0.4) is 0 Å². The molecule has 0 saturated carbocycles. The first-order valence-electron chi connectivity index (χ1n) is 16.0. The molecule has 0 radical (unpaired) electrons. The molecule has 0 aliphatic heterocycles. The monoisotopic (exact) mass is 675 g/mol. The van der Waals surface area contributed by atoms with Crippen molar-refractivity contribution in [2.75, 3.05) is 18.4 Å². The maximum absolute atomic E-state index is 15.0. The molecule has 0 aliphatic carbocycles. The van der Waals surface area contributed by atoms with Gasteiger partial charge in [0.05, 0.1) is 11.7 Å². The molecule has 12 heteroatoms. The number of anilines is 1. The van der Waals surface area contributed by atoms with Crippen molar-refractivity contribution < 1.29 is 33.0 Å². The maximum Gasteiger partial charge on any atom is 0.412 e. The molecule has 1 atom stereocenters. The fourth-order valence-electron chi connectivity index (χ4n) is 5.49. The smallest absolute Gasteiger partial charge is 0.412 e. The van der Waals surface area contributed by atoms with E-state index >= 15 is 4.39 Å². The number of nitrogens with zero attached hydrogens (tertiary/aromatic N) is 3. The predicted octanol–water partition coefficient (Wildman–Crippen LogP) is 7.98. The second kappa shape index (κ2) is 15.3. The first-order chi connectivity index (χ1) is 23.0. The fraction of sp³-hybridized carbons (Fsp3) is 0.351. The molecule has 0 saturated heterocycles. The summed E-state index contributed by atoms with van der Waals surface area (Å²) < 4.78 is 36.0.